The molecule has 2 atom stereocenters. The lowest BCUT2D eigenvalue weighted by Gasteiger charge is -2.51. The molecular formula is C34H28N2O3. The molecule has 0 unspecified atom stereocenters. The summed E-state index contributed by atoms with van der Waals surface area (Å²) in [5, 5.41) is 2.93. The first kappa shape index (κ1) is 23.6. The van der Waals surface area contributed by atoms with E-state index in [1.165, 1.54) is 4.90 Å². The second kappa shape index (κ2) is 8.24. The first-order valence-corrected chi connectivity index (χ1v) is 13.4. The van der Waals surface area contributed by atoms with E-state index in [9.17, 15) is 14.4 Å². The highest BCUT2D eigenvalue weighted by atomic mass is 16.2. The van der Waals surface area contributed by atoms with Crippen molar-refractivity contribution in [2.45, 2.75) is 32.6 Å². The largest absolute Gasteiger partial charge is 0.322 e. The van der Waals surface area contributed by atoms with Gasteiger partial charge in [-0.2, -0.15) is 0 Å². The highest BCUT2D eigenvalue weighted by Gasteiger charge is 2.68. The Kier molecular flexibility index (Phi) is 4.99. The molecule has 3 aliphatic carbocycles. The van der Waals surface area contributed by atoms with Crippen LogP contribution in [0.3, 0.4) is 0 Å². The molecule has 4 aromatic carbocycles. The van der Waals surface area contributed by atoms with Gasteiger partial charge in [0.2, 0.25) is 11.8 Å². The smallest absolute Gasteiger partial charge is 0.255 e. The van der Waals surface area contributed by atoms with Gasteiger partial charge < -0.3 is 5.32 Å². The number of hydrogen-bond donors (Lipinski definition) is 1. The van der Waals surface area contributed by atoms with Gasteiger partial charge in [-0.05, 0) is 90.6 Å². The van der Waals surface area contributed by atoms with Crippen molar-refractivity contribution < 1.29 is 14.4 Å². The van der Waals surface area contributed by atoms with Crippen LogP contribution < -0.4 is 10.2 Å². The molecular weight excluding hydrogens is 484 g/mol. The SMILES string of the molecule is Cc1ccc(NC(=O)c2ccc(N3C(=O)[C@H]4C5c6ccccc6C(c6ccccc65)[C@@]4(C)C3=O)cc2)cc1C. The van der Waals surface area contributed by atoms with Crippen LogP contribution in [0.4, 0.5) is 11.4 Å². The summed E-state index contributed by atoms with van der Waals surface area (Å²) in [7, 11) is 0. The van der Waals surface area contributed by atoms with Crippen LogP contribution in [0.1, 0.15) is 62.5 Å². The second-order valence-corrected chi connectivity index (χ2v) is 11.2. The second-order valence-electron chi connectivity index (χ2n) is 11.2. The lowest BCUT2D eigenvalue weighted by Crippen LogP contribution is -2.49. The summed E-state index contributed by atoms with van der Waals surface area (Å²) in [5.74, 6) is -1.43. The lowest BCUT2D eigenvalue weighted by molar-refractivity contribution is -0.128. The zero-order valence-electron chi connectivity index (χ0n) is 22.1. The van der Waals surface area contributed by atoms with Crippen LogP contribution in [0, 0.1) is 25.2 Å². The summed E-state index contributed by atoms with van der Waals surface area (Å²) in [6.07, 6.45) is 0. The molecule has 2 bridgehead atoms. The Morgan fingerprint density at radius 1 is 0.769 bits per heavy atom. The number of nitrogens with zero attached hydrogens (tertiary/aromatic N) is 1. The van der Waals surface area contributed by atoms with E-state index in [0.29, 0.717) is 11.3 Å². The van der Waals surface area contributed by atoms with E-state index in [1.54, 1.807) is 24.3 Å². The van der Waals surface area contributed by atoms with E-state index >= 15 is 0 Å². The van der Waals surface area contributed by atoms with Crippen LogP contribution in [0.25, 0.3) is 0 Å². The molecule has 5 heteroatoms. The molecule has 0 saturated carbocycles. The topological polar surface area (TPSA) is 66.5 Å². The van der Waals surface area contributed by atoms with Crippen molar-refractivity contribution in [1.82, 2.24) is 0 Å². The van der Waals surface area contributed by atoms with Crippen LogP contribution in [-0.2, 0) is 9.59 Å². The third-order valence-electron chi connectivity index (χ3n) is 9.17. The molecule has 1 N–H and O–H groups in total. The van der Waals surface area contributed by atoms with Gasteiger partial charge in [0.1, 0.15) is 0 Å². The van der Waals surface area contributed by atoms with Gasteiger partial charge >= 0.3 is 0 Å². The van der Waals surface area contributed by atoms with E-state index in [4.69, 9.17) is 0 Å². The van der Waals surface area contributed by atoms with E-state index in [-0.39, 0.29) is 29.6 Å². The van der Waals surface area contributed by atoms with Crippen LogP contribution in [0.2, 0.25) is 0 Å². The van der Waals surface area contributed by atoms with Crippen molar-refractivity contribution >= 4 is 29.1 Å². The van der Waals surface area contributed by atoms with Crippen LogP contribution in [0.15, 0.2) is 91.0 Å². The first-order valence-electron chi connectivity index (χ1n) is 13.4. The van der Waals surface area contributed by atoms with E-state index in [1.807, 2.05) is 63.2 Å². The fourth-order valence-corrected chi connectivity index (χ4v) is 7.14. The van der Waals surface area contributed by atoms with Gasteiger partial charge in [-0.25, -0.2) is 4.90 Å². The Bertz CT molecular complexity index is 1660. The number of imide groups is 1. The number of aryl methyl sites for hydroxylation is 2. The van der Waals surface area contributed by atoms with Crippen molar-refractivity contribution in [2.75, 3.05) is 10.2 Å². The monoisotopic (exact) mass is 512 g/mol. The number of benzene rings is 4. The van der Waals surface area contributed by atoms with E-state index in [2.05, 4.69) is 29.6 Å². The summed E-state index contributed by atoms with van der Waals surface area (Å²) in [5.41, 5.74) is 7.62. The number of carbonyl (C=O) groups is 3. The third-order valence-corrected chi connectivity index (χ3v) is 9.17. The maximum atomic E-state index is 14.2. The standard InChI is InChI=1S/C34H28N2O3/c1-19-12-15-22(18-20(19)2)35-31(37)21-13-16-23(17-14-21)36-32(38)30-28-24-8-4-6-10-26(24)29(34(30,3)33(36)39)27-11-7-5-9-25(27)28/h4-18,28-30H,1-3H3,(H,35,37)/t28?,29?,30-,34-/m1/s1. The van der Waals surface area contributed by atoms with Crippen LogP contribution in [-0.4, -0.2) is 17.7 Å². The van der Waals surface area contributed by atoms with Gasteiger partial charge in [0, 0.05) is 23.1 Å². The number of hydrogen-bond acceptors (Lipinski definition) is 3. The van der Waals surface area contributed by atoms with Crippen molar-refractivity contribution in [3.8, 4) is 0 Å². The van der Waals surface area contributed by atoms with E-state index < -0.39 is 11.3 Å². The number of anilines is 2. The Labute approximate surface area is 227 Å². The molecule has 0 spiro atoms. The average Bonchev–Trinajstić information content (AvgIpc) is 3.16. The third kappa shape index (κ3) is 3.16. The van der Waals surface area contributed by atoms with Crippen LogP contribution >= 0.6 is 0 Å². The molecule has 5 nitrogen and oxygen atoms in total. The minimum absolute atomic E-state index is 0.170. The van der Waals surface area contributed by atoms with Gasteiger partial charge in [-0.15, -0.1) is 0 Å². The molecule has 1 saturated heterocycles. The molecule has 0 radical (unpaired) electrons. The van der Waals surface area contributed by atoms with E-state index in [0.717, 1.165) is 39.1 Å². The summed E-state index contributed by atoms with van der Waals surface area (Å²) in [6.45, 7) is 6.00. The molecule has 1 heterocycles. The normalized spacial score (nSPS) is 24.3. The molecule has 4 aliphatic rings. The molecule has 4 aromatic rings. The van der Waals surface area contributed by atoms with Gasteiger partial charge in [0.25, 0.3) is 5.91 Å². The molecule has 192 valence electrons. The number of rotatable bonds is 3. The summed E-state index contributed by atoms with van der Waals surface area (Å²) >= 11 is 0. The number of amides is 3. The fraction of sp³-hybridized carbons (Fsp3) is 0.206. The van der Waals surface area contributed by atoms with Gasteiger partial charge in [0.15, 0.2) is 0 Å². The summed E-state index contributed by atoms with van der Waals surface area (Å²) in [6, 6.07) is 29.0. The van der Waals surface area contributed by atoms with Crippen molar-refractivity contribution in [3.05, 3.63) is 130 Å². The number of nitrogens with one attached hydrogen (secondary N) is 1. The molecule has 1 aliphatic heterocycles. The van der Waals surface area contributed by atoms with Gasteiger partial charge in [-0.1, -0.05) is 54.6 Å². The highest BCUT2D eigenvalue weighted by molar-refractivity contribution is 6.25. The molecule has 3 amide bonds. The Balaban J connectivity index is 1.23. The minimum Gasteiger partial charge on any atom is -0.322 e. The first-order chi connectivity index (χ1) is 18.8. The average molecular weight is 513 g/mol. The fourth-order valence-electron chi connectivity index (χ4n) is 7.14. The van der Waals surface area contributed by atoms with Crippen molar-refractivity contribution in [1.29, 1.82) is 0 Å². The zero-order valence-corrected chi connectivity index (χ0v) is 22.1. The van der Waals surface area contributed by atoms with Crippen LogP contribution in [0.5, 0.6) is 0 Å². The molecule has 0 aromatic heterocycles. The summed E-state index contributed by atoms with van der Waals surface area (Å²) < 4.78 is 0. The number of carbonyl (C=O) groups excluding carboxylic acids is 3. The molecule has 1 fully saturated rings. The predicted molar refractivity (Wildman–Crippen MR) is 151 cm³/mol. The quantitative estimate of drug-likeness (QED) is 0.326. The Hall–Kier alpha value is -4.51. The van der Waals surface area contributed by atoms with Gasteiger partial charge in [0.05, 0.1) is 17.0 Å². The Morgan fingerprint density at radius 2 is 1.36 bits per heavy atom. The van der Waals surface area contributed by atoms with Gasteiger partial charge in [-0.3, -0.25) is 14.4 Å². The van der Waals surface area contributed by atoms with Crippen molar-refractivity contribution in [2.24, 2.45) is 11.3 Å². The molecule has 8 rings (SSSR count). The maximum absolute atomic E-state index is 14.2. The summed E-state index contributed by atoms with van der Waals surface area (Å²) in [4.78, 5) is 42.6. The lowest BCUT2D eigenvalue weighted by atomic mass is 9.48. The van der Waals surface area contributed by atoms with Crippen molar-refractivity contribution in [3.63, 3.8) is 0 Å². The minimum atomic E-state index is -0.885. The molecule has 39 heavy (non-hydrogen) atoms. The maximum Gasteiger partial charge on any atom is 0.255 e. The highest BCUT2D eigenvalue weighted by Crippen LogP contribution is 2.67. The predicted octanol–water partition coefficient (Wildman–Crippen LogP) is 6.34. The zero-order chi connectivity index (χ0) is 27.1. The Morgan fingerprint density at radius 3 is 1.95 bits per heavy atom.